The molecule has 2 heterocycles. The standard InChI is InChI=1S/C13H15N5S/c14-13(19)11-4-2-1-3-10(11)7-17-5-6-18-9-15-16-12(18)8-17/h1-4,9H,5-8H2,(H2,14,19). The molecule has 0 atom stereocenters. The lowest BCUT2D eigenvalue weighted by atomic mass is 10.1. The lowest BCUT2D eigenvalue weighted by Crippen LogP contribution is -2.33. The molecule has 0 amide bonds. The van der Waals surface area contributed by atoms with Gasteiger partial charge in [0.2, 0.25) is 0 Å². The predicted molar refractivity (Wildman–Crippen MR) is 76.5 cm³/mol. The van der Waals surface area contributed by atoms with E-state index < -0.39 is 0 Å². The van der Waals surface area contributed by atoms with Crippen LogP contribution in [0, 0.1) is 0 Å². The lowest BCUT2D eigenvalue weighted by molar-refractivity contribution is 0.208. The second kappa shape index (κ2) is 5.07. The minimum Gasteiger partial charge on any atom is -0.389 e. The summed E-state index contributed by atoms with van der Waals surface area (Å²) >= 11 is 5.10. The Morgan fingerprint density at radius 2 is 2.16 bits per heavy atom. The molecule has 19 heavy (non-hydrogen) atoms. The van der Waals surface area contributed by atoms with Crippen LogP contribution in [0.4, 0.5) is 0 Å². The van der Waals surface area contributed by atoms with Crippen molar-refractivity contribution >= 4 is 17.2 Å². The smallest absolute Gasteiger partial charge is 0.147 e. The predicted octanol–water partition coefficient (Wildman–Crippen LogP) is 0.928. The third-order valence-corrected chi connectivity index (χ3v) is 3.61. The van der Waals surface area contributed by atoms with Crippen molar-refractivity contribution < 1.29 is 0 Å². The third-order valence-electron chi connectivity index (χ3n) is 3.39. The van der Waals surface area contributed by atoms with Crippen molar-refractivity contribution in [2.75, 3.05) is 6.54 Å². The first-order valence-corrected chi connectivity index (χ1v) is 6.61. The van der Waals surface area contributed by atoms with E-state index >= 15 is 0 Å². The monoisotopic (exact) mass is 273 g/mol. The Balaban J connectivity index is 1.78. The van der Waals surface area contributed by atoms with Gasteiger partial charge in [0, 0.05) is 25.2 Å². The number of thiocarbonyl (C=S) groups is 1. The molecular formula is C13H15N5S. The maximum absolute atomic E-state index is 5.77. The SMILES string of the molecule is NC(=S)c1ccccc1CN1CCn2cnnc2C1. The molecule has 2 N–H and O–H groups in total. The molecule has 0 radical (unpaired) electrons. The minimum absolute atomic E-state index is 0.454. The van der Waals surface area contributed by atoms with Crippen LogP contribution in [0.15, 0.2) is 30.6 Å². The summed E-state index contributed by atoms with van der Waals surface area (Å²) in [6.07, 6.45) is 1.79. The average molecular weight is 273 g/mol. The molecule has 98 valence electrons. The van der Waals surface area contributed by atoms with Gasteiger partial charge >= 0.3 is 0 Å². The zero-order chi connectivity index (χ0) is 13.2. The molecule has 5 nitrogen and oxygen atoms in total. The largest absolute Gasteiger partial charge is 0.389 e. The van der Waals surface area contributed by atoms with Crippen LogP contribution in [0.2, 0.25) is 0 Å². The van der Waals surface area contributed by atoms with E-state index in [-0.39, 0.29) is 0 Å². The van der Waals surface area contributed by atoms with Gasteiger partial charge in [0.25, 0.3) is 0 Å². The third kappa shape index (κ3) is 2.50. The Morgan fingerprint density at radius 1 is 1.32 bits per heavy atom. The van der Waals surface area contributed by atoms with Crippen molar-refractivity contribution in [2.45, 2.75) is 19.6 Å². The Labute approximate surface area is 117 Å². The van der Waals surface area contributed by atoms with Gasteiger partial charge in [-0.25, -0.2) is 0 Å². The Bertz CT molecular complexity index is 607. The van der Waals surface area contributed by atoms with E-state index in [1.54, 1.807) is 6.33 Å². The normalized spacial score (nSPS) is 15.2. The molecule has 0 aliphatic carbocycles. The maximum Gasteiger partial charge on any atom is 0.147 e. The van der Waals surface area contributed by atoms with Crippen LogP contribution in [0.3, 0.4) is 0 Å². The Hall–Kier alpha value is -1.79. The van der Waals surface area contributed by atoms with Gasteiger partial charge in [-0.2, -0.15) is 0 Å². The van der Waals surface area contributed by atoms with Gasteiger partial charge in [0.1, 0.15) is 17.1 Å². The van der Waals surface area contributed by atoms with Crippen molar-refractivity contribution in [1.29, 1.82) is 0 Å². The highest BCUT2D eigenvalue weighted by Gasteiger charge is 2.18. The van der Waals surface area contributed by atoms with Gasteiger partial charge in [-0.1, -0.05) is 36.5 Å². The van der Waals surface area contributed by atoms with Crippen LogP contribution < -0.4 is 5.73 Å². The molecule has 2 aromatic rings. The summed E-state index contributed by atoms with van der Waals surface area (Å²) in [7, 11) is 0. The topological polar surface area (TPSA) is 60.0 Å². The molecule has 0 unspecified atom stereocenters. The van der Waals surface area contributed by atoms with E-state index in [4.69, 9.17) is 18.0 Å². The van der Waals surface area contributed by atoms with Gasteiger partial charge in [-0.3, -0.25) is 4.90 Å². The average Bonchev–Trinajstić information content (AvgIpc) is 2.86. The highest BCUT2D eigenvalue weighted by Crippen LogP contribution is 2.16. The number of benzene rings is 1. The zero-order valence-electron chi connectivity index (χ0n) is 10.5. The van der Waals surface area contributed by atoms with E-state index in [0.717, 1.165) is 37.6 Å². The first kappa shape index (κ1) is 12.3. The van der Waals surface area contributed by atoms with Crippen molar-refractivity contribution in [3.8, 4) is 0 Å². The molecule has 1 aromatic heterocycles. The van der Waals surface area contributed by atoms with Crippen molar-refractivity contribution in [3.05, 3.63) is 47.5 Å². The van der Waals surface area contributed by atoms with Gasteiger partial charge in [-0.05, 0) is 5.56 Å². The van der Waals surface area contributed by atoms with Gasteiger partial charge in [-0.15, -0.1) is 10.2 Å². The number of rotatable bonds is 3. The first-order chi connectivity index (χ1) is 9.24. The second-order valence-corrected chi connectivity index (χ2v) is 5.11. The summed E-state index contributed by atoms with van der Waals surface area (Å²) in [6, 6.07) is 8.03. The summed E-state index contributed by atoms with van der Waals surface area (Å²) in [5, 5.41) is 8.06. The summed E-state index contributed by atoms with van der Waals surface area (Å²) in [5.74, 6) is 1.01. The van der Waals surface area contributed by atoms with Crippen molar-refractivity contribution in [3.63, 3.8) is 0 Å². The fourth-order valence-electron chi connectivity index (χ4n) is 2.39. The summed E-state index contributed by atoms with van der Waals surface area (Å²) in [6.45, 7) is 3.56. The fraction of sp³-hybridized carbons (Fsp3) is 0.308. The van der Waals surface area contributed by atoms with Crippen LogP contribution in [-0.2, 0) is 19.6 Å². The van der Waals surface area contributed by atoms with Crippen LogP contribution in [0.1, 0.15) is 17.0 Å². The number of aromatic nitrogens is 3. The van der Waals surface area contributed by atoms with Crippen LogP contribution in [0.5, 0.6) is 0 Å². The summed E-state index contributed by atoms with van der Waals surface area (Å²) < 4.78 is 2.09. The van der Waals surface area contributed by atoms with E-state index in [2.05, 4.69) is 25.7 Å². The number of nitrogens with two attached hydrogens (primary N) is 1. The number of nitrogens with zero attached hydrogens (tertiary/aromatic N) is 4. The van der Waals surface area contributed by atoms with Crippen molar-refractivity contribution in [2.24, 2.45) is 5.73 Å². The molecule has 1 aliphatic rings. The van der Waals surface area contributed by atoms with E-state index in [9.17, 15) is 0 Å². The van der Waals surface area contributed by atoms with Crippen LogP contribution >= 0.6 is 12.2 Å². The second-order valence-electron chi connectivity index (χ2n) is 4.67. The van der Waals surface area contributed by atoms with Gasteiger partial charge in [0.15, 0.2) is 0 Å². The highest BCUT2D eigenvalue weighted by molar-refractivity contribution is 7.80. The molecule has 1 aromatic carbocycles. The minimum atomic E-state index is 0.454. The molecule has 6 heteroatoms. The van der Waals surface area contributed by atoms with Gasteiger partial charge in [0.05, 0.1) is 6.54 Å². The number of fused-ring (bicyclic) bond motifs is 1. The Morgan fingerprint density at radius 3 is 3.00 bits per heavy atom. The first-order valence-electron chi connectivity index (χ1n) is 6.21. The lowest BCUT2D eigenvalue weighted by Gasteiger charge is -2.27. The molecule has 0 bridgehead atoms. The molecule has 0 saturated heterocycles. The zero-order valence-corrected chi connectivity index (χ0v) is 11.3. The Kier molecular flexibility index (Phi) is 3.27. The molecule has 0 saturated carbocycles. The van der Waals surface area contributed by atoms with Gasteiger partial charge < -0.3 is 10.3 Å². The maximum atomic E-state index is 5.77. The van der Waals surface area contributed by atoms with Crippen molar-refractivity contribution in [1.82, 2.24) is 19.7 Å². The van der Waals surface area contributed by atoms with Crippen LogP contribution in [-0.4, -0.2) is 31.2 Å². The number of hydrogen-bond donors (Lipinski definition) is 1. The quantitative estimate of drug-likeness (QED) is 0.843. The molecule has 1 aliphatic heterocycles. The summed E-state index contributed by atoms with van der Waals surface area (Å²) in [4.78, 5) is 2.79. The molecular weight excluding hydrogens is 258 g/mol. The molecule has 3 rings (SSSR count). The fourth-order valence-corrected chi connectivity index (χ4v) is 2.59. The highest BCUT2D eigenvalue weighted by atomic mass is 32.1. The van der Waals surface area contributed by atoms with E-state index in [1.165, 1.54) is 5.56 Å². The summed E-state index contributed by atoms with van der Waals surface area (Å²) in [5.41, 5.74) is 7.90. The van der Waals surface area contributed by atoms with Crippen LogP contribution in [0.25, 0.3) is 0 Å². The number of hydrogen-bond acceptors (Lipinski definition) is 4. The van der Waals surface area contributed by atoms with E-state index in [0.29, 0.717) is 4.99 Å². The van der Waals surface area contributed by atoms with E-state index in [1.807, 2.05) is 18.2 Å². The molecule has 0 spiro atoms. The molecule has 0 fully saturated rings.